The molecule has 1 aromatic rings. The molecule has 1 aliphatic heterocycles. The summed E-state index contributed by atoms with van der Waals surface area (Å²) in [5.74, 6) is 1.19. The van der Waals surface area contributed by atoms with Crippen LogP contribution in [-0.4, -0.2) is 47.9 Å². The van der Waals surface area contributed by atoms with Gasteiger partial charge < -0.3 is 15.1 Å². The normalized spacial score (nSPS) is 19.4. The molecule has 124 valence electrons. The van der Waals surface area contributed by atoms with Gasteiger partial charge in [-0.3, -0.25) is 9.59 Å². The van der Waals surface area contributed by atoms with E-state index in [1.54, 1.807) is 13.1 Å². The zero-order valence-corrected chi connectivity index (χ0v) is 13.8. The van der Waals surface area contributed by atoms with Crippen molar-refractivity contribution in [1.82, 2.24) is 15.2 Å². The van der Waals surface area contributed by atoms with Gasteiger partial charge in [0.25, 0.3) is 0 Å². The topological polar surface area (TPSA) is 65.5 Å². The maximum atomic E-state index is 12.0. The number of nitrogens with zero attached hydrogens (tertiary/aromatic N) is 3. The third-order valence-corrected chi connectivity index (χ3v) is 4.86. The summed E-state index contributed by atoms with van der Waals surface area (Å²) in [4.78, 5) is 31.9. The molecule has 1 saturated carbocycles. The number of hydrogen-bond donors (Lipinski definition) is 1. The van der Waals surface area contributed by atoms with Crippen molar-refractivity contribution >= 4 is 17.6 Å². The maximum absolute atomic E-state index is 12.0. The summed E-state index contributed by atoms with van der Waals surface area (Å²) in [5, 5.41) is 3.02. The van der Waals surface area contributed by atoms with Crippen molar-refractivity contribution in [3.05, 3.63) is 23.9 Å². The van der Waals surface area contributed by atoms with Crippen molar-refractivity contribution in [2.24, 2.45) is 5.41 Å². The van der Waals surface area contributed by atoms with E-state index in [2.05, 4.69) is 15.2 Å². The van der Waals surface area contributed by atoms with Crippen molar-refractivity contribution in [3.63, 3.8) is 0 Å². The molecule has 0 atom stereocenters. The Hall–Kier alpha value is -2.11. The van der Waals surface area contributed by atoms with Crippen molar-refractivity contribution in [2.45, 2.75) is 33.2 Å². The first-order valence-corrected chi connectivity index (χ1v) is 8.22. The summed E-state index contributed by atoms with van der Waals surface area (Å²) in [5.41, 5.74) is 0.917. The van der Waals surface area contributed by atoms with Gasteiger partial charge in [-0.05, 0) is 30.5 Å². The molecule has 0 unspecified atom stereocenters. The molecule has 2 fully saturated rings. The minimum absolute atomic E-state index is 0.127. The molecule has 1 N–H and O–H groups in total. The average Bonchev–Trinajstić information content (AvgIpc) is 3.32. The second-order valence-corrected chi connectivity index (χ2v) is 6.76. The van der Waals surface area contributed by atoms with Crippen molar-refractivity contribution in [3.8, 4) is 0 Å². The lowest BCUT2D eigenvalue weighted by Crippen LogP contribution is -2.48. The Morgan fingerprint density at radius 1 is 1.26 bits per heavy atom. The second-order valence-electron chi connectivity index (χ2n) is 6.76. The molecule has 2 aliphatic rings. The summed E-state index contributed by atoms with van der Waals surface area (Å²) in [6.45, 7) is 7.21. The first-order chi connectivity index (χ1) is 11.0. The predicted octanol–water partition coefficient (Wildman–Crippen LogP) is 1.17. The molecule has 2 amide bonds. The molecule has 1 saturated heterocycles. The minimum atomic E-state index is -0.140. The van der Waals surface area contributed by atoms with E-state index < -0.39 is 0 Å². The van der Waals surface area contributed by atoms with Crippen LogP contribution < -0.4 is 10.2 Å². The van der Waals surface area contributed by atoms with Crippen LogP contribution in [0.2, 0.25) is 0 Å². The van der Waals surface area contributed by atoms with Gasteiger partial charge in [-0.25, -0.2) is 4.98 Å². The second kappa shape index (κ2) is 6.18. The van der Waals surface area contributed by atoms with E-state index in [4.69, 9.17) is 0 Å². The lowest BCUT2D eigenvalue weighted by atomic mass is 10.1. The number of carbonyl (C=O) groups is 2. The van der Waals surface area contributed by atoms with E-state index in [1.807, 2.05) is 24.0 Å². The van der Waals surface area contributed by atoms with Crippen LogP contribution in [0, 0.1) is 5.41 Å². The molecule has 1 aliphatic carbocycles. The first kappa shape index (κ1) is 15.8. The summed E-state index contributed by atoms with van der Waals surface area (Å²) in [6.07, 6.45) is 3.76. The van der Waals surface area contributed by atoms with Crippen LogP contribution in [0.1, 0.15) is 32.3 Å². The molecule has 0 aromatic carbocycles. The van der Waals surface area contributed by atoms with E-state index in [0.717, 1.165) is 50.4 Å². The third-order valence-electron chi connectivity index (χ3n) is 4.86. The molecule has 1 aromatic heterocycles. The average molecular weight is 316 g/mol. The zero-order valence-electron chi connectivity index (χ0n) is 13.8. The largest absolute Gasteiger partial charge is 0.353 e. The van der Waals surface area contributed by atoms with E-state index in [-0.39, 0.29) is 17.2 Å². The van der Waals surface area contributed by atoms with Gasteiger partial charge in [0.15, 0.2) is 0 Å². The predicted molar refractivity (Wildman–Crippen MR) is 87.9 cm³/mol. The van der Waals surface area contributed by atoms with Crippen LogP contribution in [0.25, 0.3) is 0 Å². The number of hydrogen-bond acceptors (Lipinski definition) is 4. The molecule has 0 bridgehead atoms. The van der Waals surface area contributed by atoms with Gasteiger partial charge in [0, 0.05) is 51.3 Å². The SMILES string of the molecule is CC(=O)N1CCN(c2cc(CNC(=O)C3(C)CC3)ccn2)CC1. The highest BCUT2D eigenvalue weighted by Crippen LogP contribution is 2.45. The molecule has 6 heteroatoms. The first-order valence-electron chi connectivity index (χ1n) is 8.22. The van der Waals surface area contributed by atoms with Gasteiger partial charge in [-0.15, -0.1) is 0 Å². The molecular formula is C17H24N4O2. The summed E-state index contributed by atoms with van der Waals surface area (Å²) in [6, 6.07) is 3.96. The monoisotopic (exact) mass is 316 g/mol. The Morgan fingerprint density at radius 2 is 1.96 bits per heavy atom. The summed E-state index contributed by atoms with van der Waals surface area (Å²) >= 11 is 0. The lowest BCUT2D eigenvalue weighted by molar-refractivity contribution is -0.129. The van der Waals surface area contributed by atoms with Gasteiger partial charge in [-0.2, -0.15) is 0 Å². The Morgan fingerprint density at radius 3 is 2.57 bits per heavy atom. The number of piperazine rings is 1. The number of rotatable bonds is 4. The standard InChI is InChI=1S/C17H24N4O2/c1-13(22)20-7-9-21(10-8-20)15-11-14(3-6-18-15)12-19-16(23)17(2)4-5-17/h3,6,11H,4-5,7-10,12H2,1-2H3,(H,19,23). The van der Waals surface area contributed by atoms with Crippen LogP contribution in [-0.2, 0) is 16.1 Å². The fourth-order valence-corrected chi connectivity index (χ4v) is 2.80. The van der Waals surface area contributed by atoms with Gasteiger partial charge in [0.05, 0.1) is 0 Å². The van der Waals surface area contributed by atoms with Crippen LogP contribution in [0.3, 0.4) is 0 Å². The fraction of sp³-hybridized carbons (Fsp3) is 0.588. The van der Waals surface area contributed by atoms with Crippen LogP contribution >= 0.6 is 0 Å². The number of aromatic nitrogens is 1. The van der Waals surface area contributed by atoms with Gasteiger partial charge in [0.2, 0.25) is 11.8 Å². The van der Waals surface area contributed by atoms with Crippen LogP contribution in [0.4, 0.5) is 5.82 Å². The Kier molecular flexibility index (Phi) is 4.24. The number of carbonyl (C=O) groups excluding carboxylic acids is 2. The van der Waals surface area contributed by atoms with E-state index in [9.17, 15) is 9.59 Å². The smallest absolute Gasteiger partial charge is 0.226 e. The molecule has 2 heterocycles. The van der Waals surface area contributed by atoms with Crippen LogP contribution in [0.15, 0.2) is 18.3 Å². The van der Waals surface area contributed by atoms with E-state index in [1.165, 1.54) is 0 Å². The maximum Gasteiger partial charge on any atom is 0.226 e. The minimum Gasteiger partial charge on any atom is -0.353 e. The molecule has 3 rings (SSSR count). The van der Waals surface area contributed by atoms with E-state index in [0.29, 0.717) is 6.54 Å². The van der Waals surface area contributed by atoms with Crippen molar-refractivity contribution < 1.29 is 9.59 Å². The Labute approximate surface area is 136 Å². The third kappa shape index (κ3) is 3.63. The highest BCUT2D eigenvalue weighted by atomic mass is 16.2. The zero-order chi connectivity index (χ0) is 16.4. The van der Waals surface area contributed by atoms with Crippen LogP contribution in [0.5, 0.6) is 0 Å². The molecular weight excluding hydrogens is 292 g/mol. The Balaban J connectivity index is 1.57. The Bertz CT molecular complexity index is 604. The van der Waals surface area contributed by atoms with Gasteiger partial charge in [-0.1, -0.05) is 6.92 Å². The number of pyridine rings is 1. The number of amides is 2. The quantitative estimate of drug-likeness (QED) is 0.905. The highest BCUT2D eigenvalue weighted by Gasteiger charge is 2.44. The number of anilines is 1. The van der Waals surface area contributed by atoms with Crippen molar-refractivity contribution in [2.75, 3.05) is 31.1 Å². The summed E-state index contributed by atoms with van der Waals surface area (Å²) in [7, 11) is 0. The number of nitrogens with one attached hydrogen (secondary N) is 1. The van der Waals surface area contributed by atoms with Crippen molar-refractivity contribution in [1.29, 1.82) is 0 Å². The molecule has 0 spiro atoms. The fourth-order valence-electron chi connectivity index (χ4n) is 2.80. The highest BCUT2D eigenvalue weighted by molar-refractivity contribution is 5.84. The lowest BCUT2D eigenvalue weighted by Gasteiger charge is -2.35. The van der Waals surface area contributed by atoms with E-state index >= 15 is 0 Å². The van der Waals surface area contributed by atoms with Gasteiger partial charge in [0.1, 0.15) is 5.82 Å². The molecule has 23 heavy (non-hydrogen) atoms. The molecule has 0 radical (unpaired) electrons. The summed E-state index contributed by atoms with van der Waals surface area (Å²) < 4.78 is 0. The molecule has 6 nitrogen and oxygen atoms in total. The van der Waals surface area contributed by atoms with Gasteiger partial charge >= 0.3 is 0 Å².